The van der Waals surface area contributed by atoms with Gasteiger partial charge in [-0.25, -0.2) is 9.36 Å². The number of fused-ring (bicyclic) bond motifs is 1. The van der Waals surface area contributed by atoms with Crippen LogP contribution in [0, 0.1) is 5.92 Å². The average molecular weight is 476 g/mol. The van der Waals surface area contributed by atoms with Gasteiger partial charge in [0.2, 0.25) is 5.91 Å². The predicted octanol–water partition coefficient (Wildman–Crippen LogP) is 2.67. The van der Waals surface area contributed by atoms with Crippen LogP contribution in [0.2, 0.25) is 5.02 Å². The zero-order valence-electron chi connectivity index (χ0n) is 17.5. The summed E-state index contributed by atoms with van der Waals surface area (Å²) < 4.78 is 7.86. The molecule has 8 nitrogen and oxygen atoms in total. The Kier molecular flexibility index (Phi) is 6.48. The van der Waals surface area contributed by atoms with Crippen molar-refractivity contribution >= 4 is 45.0 Å². The number of hydrogen-bond donors (Lipinski definition) is 0. The molecule has 1 atom stereocenters. The number of thiophene rings is 1. The first kappa shape index (κ1) is 22.3. The van der Waals surface area contributed by atoms with Crippen molar-refractivity contribution in [1.29, 1.82) is 0 Å². The Hall–Kier alpha value is -2.91. The number of esters is 1. The van der Waals surface area contributed by atoms with Crippen molar-refractivity contribution in [3.63, 3.8) is 0 Å². The van der Waals surface area contributed by atoms with Crippen LogP contribution in [0.3, 0.4) is 0 Å². The number of rotatable bonds is 5. The van der Waals surface area contributed by atoms with Gasteiger partial charge in [-0.15, -0.1) is 11.3 Å². The van der Waals surface area contributed by atoms with Gasteiger partial charge in [0.25, 0.3) is 5.56 Å². The third-order valence-corrected chi connectivity index (χ3v) is 6.67. The highest BCUT2D eigenvalue weighted by molar-refractivity contribution is 7.17. The molecule has 1 aliphatic rings. The van der Waals surface area contributed by atoms with E-state index in [2.05, 4.69) is 0 Å². The molecule has 0 aliphatic carbocycles. The second-order valence-electron chi connectivity index (χ2n) is 7.55. The number of likely N-dealkylation sites (tertiary alicyclic amines) is 1. The Bertz CT molecular complexity index is 1280. The minimum atomic E-state index is -0.601. The molecule has 168 valence electrons. The van der Waals surface area contributed by atoms with E-state index in [-0.39, 0.29) is 30.9 Å². The van der Waals surface area contributed by atoms with Gasteiger partial charge in [-0.2, -0.15) is 0 Å². The lowest BCUT2D eigenvalue weighted by Crippen LogP contribution is -2.46. The largest absolute Gasteiger partial charge is 0.466 e. The Labute approximate surface area is 192 Å². The molecular formula is C22H22ClN3O5S. The van der Waals surface area contributed by atoms with Crippen LogP contribution in [-0.4, -0.2) is 45.6 Å². The molecule has 10 heteroatoms. The second kappa shape index (κ2) is 9.30. The molecular weight excluding hydrogens is 454 g/mol. The molecule has 0 N–H and O–H groups in total. The summed E-state index contributed by atoms with van der Waals surface area (Å²) in [6, 6.07) is 8.04. The second-order valence-corrected chi connectivity index (χ2v) is 8.90. The Morgan fingerprint density at radius 2 is 1.94 bits per heavy atom. The molecule has 1 amide bonds. The van der Waals surface area contributed by atoms with E-state index in [1.165, 1.54) is 15.9 Å². The van der Waals surface area contributed by atoms with Crippen molar-refractivity contribution in [1.82, 2.24) is 14.0 Å². The number of nitrogens with zero attached hydrogens (tertiary/aromatic N) is 3. The first-order valence-corrected chi connectivity index (χ1v) is 11.6. The summed E-state index contributed by atoms with van der Waals surface area (Å²) in [5, 5.41) is 2.20. The van der Waals surface area contributed by atoms with Crippen LogP contribution in [0.5, 0.6) is 0 Å². The SMILES string of the molecule is CCOC(=O)[C@H]1CCCN(C(=O)Cn2c(=O)n(-c3ccc(Cl)cc3)c(=O)c3sccc32)C1. The summed E-state index contributed by atoms with van der Waals surface area (Å²) in [6.45, 7) is 2.58. The maximum Gasteiger partial charge on any atom is 0.336 e. The van der Waals surface area contributed by atoms with E-state index in [4.69, 9.17) is 16.3 Å². The van der Waals surface area contributed by atoms with E-state index in [1.807, 2.05) is 0 Å². The molecule has 0 spiro atoms. The van der Waals surface area contributed by atoms with Crippen LogP contribution in [0.1, 0.15) is 19.8 Å². The van der Waals surface area contributed by atoms with E-state index < -0.39 is 11.2 Å². The number of ether oxygens (including phenoxy) is 1. The lowest BCUT2D eigenvalue weighted by molar-refractivity contribution is -0.151. The smallest absolute Gasteiger partial charge is 0.336 e. The first-order valence-electron chi connectivity index (χ1n) is 10.3. The van der Waals surface area contributed by atoms with Gasteiger partial charge >= 0.3 is 11.7 Å². The van der Waals surface area contributed by atoms with E-state index in [0.29, 0.717) is 46.9 Å². The van der Waals surface area contributed by atoms with Crippen LogP contribution in [0.15, 0.2) is 45.3 Å². The summed E-state index contributed by atoms with van der Waals surface area (Å²) in [5.41, 5.74) is -0.245. The van der Waals surface area contributed by atoms with Crippen LogP contribution >= 0.6 is 22.9 Å². The van der Waals surface area contributed by atoms with Gasteiger partial charge in [-0.05, 0) is 55.5 Å². The number of halogens is 1. The number of benzene rings is 1. The third-order valence-electron chi connectivity index (χ3n) is 5.53. The minimum Gasteiger partial charge on any atom is -0.466 e. The molecule has 1 fully saturated rings. The topological polar surface area (TPSA) is 90.6 Å². The highest BCUT2D eigenvalue weighted by atomic mass is 35.5. The molecule has 1 aromatic carbocycles. The van der Waals surface area contributed by atoms with Crippen molar-refractivity contribution in [2.24, 2.45) is 5.92 Å². The van der Waals surface area contributed by atoms with Gasteiger partial charge in [0, 0.05) is 18.1 Å². The summed E-state index contributed by atoms with van der Waals surface area (Å²) in [6.07, 6.45) is 1.35. The number of aromatic nitrogens is 2. The van der Waals surface area contributed by atoms with E-state index >= 15 is 0 Å². The van der Waals surface area contributed by atoms with Gasteiger partial charge in [-0.3, -0.25) is 19.0 Å². The zero-order valence-corrected chi connectivity index (χ0v) is 19.0. The van der Waals surface area contributed by atoms with Crippen LogP contribution in [-0.2, 0) is 20.9 Å². The number of piperidine rings is 1. The summed E-state index contributed by atoms with van der Waals surface area (Å²) in [4.78, 5) is 53.1. The summed E-state index contributed by atoms with van der Waals surface area (Å²) >= 11 is 7.16. The fraction of sp³-hybridized carbons (Fsp3) is 0.364. The Balaban J connectivity index is 1.69. The van der Waals surface area contributed by atoms with E-state index in [1.54, 1.807) is 47.5 Å². The zero-order chi connectivity index (χ0) is 22.8. The molecule has 0 unspecified atom stereocenters. The van der Waals surface area contributed by atoms with Crippen molar-refractivity contribution in [3.05, 3.63) is 61.6 Å². The molecule has 0 bridgehead atoms. The number of hydrogen-bond acceptors (Lipinski definition) is 6. The van der Waals surface area contributed by atoms with E-state index in [0.717, 1.165) is 4.57 Å². The average Bonchev–Trinajstić information content (AvgIpc) is 3.28. The molecule has 32 heavy (non-hydrogen) atoms. The molecule has 3 heterocycles. The normalized spacial score (nSPS) is 16.3. The molecule has 2 aromatic heterocycles. The maximum absolute atomic E-state index is 13.3. The van der Waals surface area contributed by atoms with Gasteiger partial charge in [-0.1, -0.05) is 11.6 Å². The molecule has 3 aromatic rings. The third kappa shape index (κ3) is 4.22. The highest BCUT2D eigenvalue weighted by Crippen LogP contribution is 2.20. The van der Waals surface area contributed by atoms with Gasteiger partial charge < -0.3 is 9.64 Å². The predicted molar refractivity (Wildman–Crippen MR) is 123 cm³/mol. The standard InChI is InChI=1S/C22H22ClN3O5S/c1-2-31-21(29)14-4-3-10-24(12-14)18(27)13-25-17-9-11-32-19(17)20(28)26(22(25)30)16-7-5-15(23)6-8-16/h5-9,11,14H,2-4,10,12-13H2,1H3/t14-/m0/s1. The van der Waals surface area contributed by atoms with Crippen LogP contribution < -0.4 is 11.2 Å². The number of amides is 1. The molecule has 4 rings (SSSR count). The lowest BCUT2D eigenvalue weighted by Gasteiger charge is -2.31. The Morgan fingerprint density at radius 3 is 2.66 bits per heavy atom. The monoisotopic (exact) mass is 475 g/mol. The van der Waals surface area contributed by atoms with Crippen molar-refractivity contribution in [2.45, 2.75) is 26.3 Å². The first-order chi connectivity index (χ1) is 15.4. The quantitative estimate of drug-likeness (QED) is 0.529. The number of carbonyl (C=O) groups excluding carboxylic acids is 2. The molecule has 0 saturated carbocycles. The molecule has 1 aliphatic heterocycles. The summed E-state index contributed by atoms with van der Waals surface area (Å²) in [7, 11) is 0. The van der Waals surface area contributed by atoms with Crippen LogP contribution in [0.25, 0.3) is 15.9 Å². The van der Waals surface area contributed by atoms with Crippen molar-refractivity contribution in [2.75, 3.05) is 19.7 Å². The van der Waals surface area contributed by atoms with Gasteiger partial charge in [0.1, 0.15) is 11.2 Å². The number of carbonyl (C=O) groups is 2. The fourth-order valence-electron chi connectivity index (χ4n) is 3.95. The maximum atomic E-state index is 13.3. The minimum absolute atomic E-state index is 0.227. The highest BCUT2D eigenvalue weighted by Gasteiger charge is 2.30. The van der Waals surface area contributed by atoms with E-state index in [9.17, 15) is 19.2 Å². The fourth-order valence-corrected chi connectivity index (χ4v) is 4.90. The molecule has 1 saturated heterocycles. The van der Waals surface area contributed by atoms with Crippen LogP contribution in [0.4, 0.5) is 0 Å². The molecule has 0 radical (unpaired) electrons. The van der Waals surface area contributed by atoms with Gasteiger partial charge in [0.15, 0.2) is 0 Å². The van der Waals surface area contributed by atoms with Crippen molar-refractivity contribution < 1.29 is 14.3 Å². The lowest BCUT2D eigenvalue weighted by atomic mass is 9.98. The van der Waals surface area contributed by atoms with Crippen molar-refractivity contribution in [3.8, 4) is 5.69 Å². The van der Waals surface area contributed by atoms with Gasteiger partial charge in [0.05, 0.1) is 23.7 Å². The Morgan fingerprint density at radius 1 is 1.19 bits per heavy atom. The summed E-state index contributed by atoms with van der Waals surface area (Å²) in [5.74, 6) is -0.956.